The van der Waals surface area contributed by atoms with Crippen LogP contribution in [-0.4, -0.2) is 18.9 Å². The van der Waals surface area contributed by atoms with Crippen molar-refractivity contribution in [3.63, 3.8) is 0 Å². The zero-order chi connectivity index (χ0) is 21.1. The van der Waals surface area contributed by atoms with E-state index in [1.165, 1.54) is 11.8 Å². The average Bonchev–Trinajstić information content (AvgIpc) is 2.99. The number of halogens is 1. The topological polar surface area (TPSA) is 58.6 Å². The van der Waals surface area contributed by atoms with E-state index in [0.29, 0.717) is 27.1 Å². The zero-order valence-electron chi connectivity index (χ0n) is 16.0. The molecular formula is C23H17ClN2O3S. The van der Waals surface area contributed by atoms with Crippen LogP contribution in [0.5, 0.6) is 5.75 Å². The van der Waals surface area contributed by atoms with Crippen molar-refractivity contribution in [2.75, 3.05) is 17.3 Å². The standard InChI is InChI=1S/C23H17ClN2O3S/c1-29-19-13-6-5-12-18(19)25-20-21(30-17-10-3-2-4-11-17)23(28)26(22(20)27)16-9-7-8-15(24)14-16/h2-14,25H,1H3. The van der Waals surface area contributed by atoms with Gasteiger partial charge < -0.3 is 10.1 Å². The lowest BCUT2D eigenvalue weighted by atomic mass is 10.2. The van der Waals surface area contributed by atoms with Crippen molar-refractivity contribution in [3.8, 4) is 5.75 Å². The summed E-state index contributed by atoms with van der Waals surface area (Å²) in [5, 5.41) is 3.56. The van der Waals surface area contributed by atoms with Gasteiger partial charge in [-0.1, -0.05) is 59.8 Å². The Morgan fingerprint density at radius 3 is 2.37 bits per heavy atom. The fourth-order valence-corrected chi connectivity index (χ4v) is 4.19. The number of hydrogen-bond donors (Lipinski definition) is 1. The van der Waals surface area contributed by atoms with Crippen LogP contribution < -0.4 is 15.0 Å². The second kappa shape index (κ2) is 8.65. The lowest BCUT2D eigenvalue weighted by molar-refractivity contribution is -0.120. The van der Waals surface area contributed by atoms with E-state index in [-0.39, 0.29) is 5.70 Å². The number of methoxy groups -OCH3 is 1. The molecule has 150 valence electrons. The predicted octanol–water partition coefficient (Wildman–Crippen LogP) is 5.34. The molecule has 0 saturated carbocycles. The van der Waals surface area contributed by atoms with Crippen molar-refractivity contribution in [2.24, 2.45) is 0 Å². The predicted molar refractivity (Wildman–Crippen MR) is 120 cm³/mol. The number of rotatable bonds is 6. The lowest BCUT2D eigenvalue weighted by Crippen LogP contribution is -2.32. The molecule has 0 saturated heterocycles. The van der Waals surface area contributed by atoms with Crippen LogP contribution in [0.15, 0.2) is 94.4 Å². The summed E-state index contributed by atoms with van der Waals surface area (Å²) >= 11 is 7.33. The summed E-state index contributed by atoms with van der Waals surface area (Å²) in [6.07, 6.45) is 0. The number of ether oxygens (including phenoxy) is 1. The minimum absolute atomic E-state index is 0.193. The third-order valence-electron chi connectivity index (χ3n) is 4.44. The third-order valence-corrected chi connectivity index (χ3v) is 5.76. The summed E-state index contributed by atoms with van der Waals surface area (Å²) in [5.41, 5.74) is 1.20. The summed E-state index contributed by atoms with van der Waals surface area (Å²) < 4.78 is 5.38. The van der Waals surface area contributed by atoms with Crippen molar-refractivity contribution in [3.05, 3.63) is 94.5 Å². The number of nitrogens with one attached hydrogen (secondary N) is 1. The Balaban J connectivity index is 1.77. The van der Waals surface area contributed by atoms with Gasteiger partial charge in [0.25, 0.3) is 11.8 Å². The van der Waals surface area contributed by atoms with E-state index in [4.69, 9.17) is 16.3 Å². The fraction of sp³-hybridized carbons (Fsp3) is 0.0435. The second-order valence-electron chi connectivity index (χ2n) is 6.37. The first-order chi connectivity index (χ1) is 14.6. The Morgan fingerprint density at radius 2 is 1.63 bits per heavy atom. The first-order valence-electron chi connectivity index (χ1n) is 9.10. The molecule has 0 aromatic heterocycles. The highest BCUT2D eigenvalue weighted by molar-refractivity contribution is 8.04. The molecule has 5 nitrogen and oxygen atoms in total. The molecule has 3 aromatic rings. The van der Waals surface area contributed by atoms with Gasteiger partial charge in [-0.3, -0.25) is 9.59 Å². The Hall–Kier alpha value is -3.22. The van der Waals surface area contributed by atoms with E-state index in [9.17, 15) is 9.59 Å². The van der Waals surface area contributed by atoms with Crippen molar-refractivity contribution >= 4 is 46.6 Å². The summed E-state index contributed by atoms with van der Waals surface area (Å²) in [5.74, 6) is -0.296. The summed E-state index contributed by atoms with van der Waals surface area (Å²) in [7, 11) is 1.55. The van der Waals surface area contributed by atoms with E-state index in [1.54, 1.807) is 43.5 Å². The van der Waals surface area contributed by atoms with E-state index in [0.717, 1.165) is 9.80 Å². The highest BCUT2D eigenvalue weighted by Gasteiger charge is 2.40. The molecule has 4 rings (SSSR count). The molecule has 0 bridgehead atoms. The SMILES string of the molecule is COc1ccccc1NC1=C(Sc2ccccc2)C(=O)N(c2cccc(Cl)c2)C1=O. The Morgan fingerprint density at radius 1 is 0.900 bits per heavy atom. The van der Waals surface area contributed by atoms with Gasteiger partial charge >= 0.3 is 0 Å². The first kappa shape index (κ1) is 20.1. The van der Waals surface area contributed by atoms with E-state index in [2.05, 4.69) is 5.32 Å². The van der Waals surface area contributed by atoms with Crippen LogP contribution in [0, 0.1) is 0 Å². The number of hydrogen-bond acceptors (Lipinski definition) is 5. The Labute approximate surface area is 183 Å². The van der Waals surface area contributed by atoms with Crippen LogP contribution in [0.1, 0.15) is 0 Å². The molecule has 0 spiro atoms. The Bertz CT molecular complexity index is 1150. The summed E-state index contributed by atoms with van der Waals surface area (Å²) in [6.45, 7) is 0. The maximum absolute atomic E-state index is 13.3. The van der Waals surface area contributed by atoms with Gasteiger partial charge in [0.05, 0.1) is 18.5 Å². The molecule has 0 radical (unpaired) electrons. The van der Waals surface area contributed by atoms with E-state index >= 15 is 0 Å². The molecular weight excluding hydrogens is 420 g/mol. The van der Waals surface area contributed by atoms with Crippen molar-refractivity contribution in [1.82, 2.24) is 0 Å². The van der Waals surface area contributed by atoms with Gasteiger partial charge in [-0.15, -0.1) is 0 Å². The van der Waals surface area contributed by atoms with Crippen molar-refractivity contribution in [1.29, 1.82) is 0 Å². The van der Waals surface area contributed by atoms with E-state index < -0.39 is 11.8 Å². The molecule has 1 N–H and O–H groups in total. The number of nitrogens with zero attached hydrogens (tertiary/aromatic N) is 1. The highest BCUT2D eigenvalue weighted by Crippen LogP contribution is 2.39. The second-order valence-corrected chi connectivity index (χ2v) is 7.89. The number of carbonyl (C=O) groups excluding carboxylic acids is 2. The number of para-hydroxylation sites is 2. The highest BCUT2D eigenvalue weighted by atomic mass is 35.5. The molecule has 0 unspecified atom stereocenters. The van der Waals surface area contributed by atoms with Gasteiger partial charge in [-0.2, -0.15) is 0 Å². The van der Waals surface area contributed by atoms with Crippen molar-refractivity contribution < 1.29 is 14.3 Å². The van der Waals surface area contributed by atoms with E-state index in [1.807, 2.05) is 42.5 Å². The van der Waals surface area contributed by atoms with Crippen LogP contribution >= 0.6 is 23.4 Å². The minimum atomic E-state index is -0.452. The number of anilines is 2. The largest absolute Gasteiger partial charge is 0.495 e. The number of imide groups is 1. The maximum atomic E-state index is 13.3. The lowest BCUT2D eigenvalue weighted by Gasteiger charge is -2.16. The molecule has 2 amide bonds. The number of thioether (sulfide) groups is 1. The van der Waals surface area contributed by atoms with Gasteiger partial charge in [0.2, 0.25) is 0 Å². The molecule has 30 heavy (non-hydrogen) atoms. The molecule has 1 heterocycles. The van der Waals surface area contributed by atoms with Gasteiger partial charge in [0.1, 0.15) is 16.4 Å². The maximum Gasteiger partial charge on any atom is 0.283 e. The Kier molecular flexibility index (Phi) is 5.79. The number of amides is 2. The van der Waals surface area contributed by atoms with Crippen LogP contribution in [0.25, 0.3) is 0 Å². The third kappa shape index (κ3) is 3.92. The normalized spacial score (nSPS) is 13.7. The monoisotopic (exact) mass is 436 g/mol. The summed E-state index contributed by atoms with van der Waals surface area (Å²) in [6, 6.07) is 23.3. The van der Waals surface area contributed by atoms with Gasteiger partial charge in [-0.25, -0.2) is 4.90 Å². The number of carbonyl (C=O) groups is 2. The van der Waals surface area contributed by atoms with Gasteiger partial charge in [-0.05, 0) is 42.5 Å². The molecule has 0 atom stereocenters. The smallest absolute Gasteiger partial charge is 0.283 e. The molecule has 0 aliphatic carbocycles. The fourth-order valence-electron chi connectivity index (χ4n) is 3.05. The molecule has 1 aliphatic rings. The van der Waals surface area contributed by atoms with Crippen molar-refractivity contribution in [2.45, 2.75) is 4.90 Å². The number of benzene rings is 3. The van der Waals surface area contributed by atoms with Crippen LogP contribution in [0.2, 0.25) is 5.02 Å². The zero-order valence-corrected chi connectivity index (χ0v) is 17.5. The van der Waals surface area contributed by atoms with Crippen LogP contribution in [0.4, 0.5) is 11.4 Å². The molecule has 3 aromatic carbocycles. The minimum Gasteiger partial charge on any atom is -0.495 e. The quantitative estimate of drug-likeness (QED) is 0.529. The average molecular weight is 437 g/mol. The first-order valence-corrected chi connectivity index (χ1v) is 10.3. The molecule has 7 heteroatoms. The van der Waals surface area contributed by atoms with Gasteiger partial charge in [0, 0.05) is 9.92 Å². The van der Waals surface area contributed by atoms with Crippen LogP contribution in [0.3, 0.4) is 0 Å². The summed E-state index contributed by atoms with van der Waals surface area (Å²) in [4.78, 5) is 28.9. The molecule has 1 aliphatic heterocycles. The van der Waals surface area contributed by atoms with Gasteiger partial charge in [0.15, 0.2) is 0 Å². The van der Waals surface area contributed by atoms with Crippen LogP contribution in [-0.2, 0) is 9.59 Å². The molecule has 0 fully saturated rings.